The summed E-state index contributed by atoms with van der Waals surface area (Å²) in [6.07, 6.45) is 2.19. The molecule has 0 radical (unpaired) electrons. The van der Waals surface area contributed by atoms with Crippen LogP contribution in [0.5, 0.6) is 0 Å². The van der Waals surface area contributed by atoms with E-state index in [1.165, 1.54) is 6.07 Å². The number of hydrogen-bond donors (Lipinski definition) is 3. The average molecular weight is 304 g/mol. The van der Waals surface area contributed by atoms with E-state index in [1.54, 1.807) is 6.20 Å². The number of rotatable bonds is 3. The first-order chi connectivity index (χ1) is 10.6. The van der Waals surface area contributed by atoms with E-state index in [-0.39, 0.29) is 17.6 Å². The molecule has 7 heteroatoms. The number of aromatic nitrogens is 1. The summed E-state index contributed by atoms with van der Waals surface area (Å²) in [5.74, 6) is -2.27. The summed E-state index contributed by atoms with van der Waals surface area (Å²) < 4.78 is 26.0. The van der Waals surface area contributed by atoms with Crippen LogP contribution >= 0.6 is 0 Å². The number of carbonyl (C=O) groups excluding carboxylic acids is 1. The molecular formula is C15H14F2N4O. The lowest BCUT2D eigenvalue weighted by Gasteiger charge is -2.10. The van der Waals surface area contributed by atoms with E-state index in [9.17, 15) is 13.6 Å². The molecule has 0 bridgehead atoms. The third-order valence-electron chi connectivity index (χ3n) is 3.45. The largest absolute Gasteiger partial charge is 0.325 e. The number of halogens is 2. The van der Waals surface area contributed by atoms with E-state index < -0.39 is 17.7 Å². The van der Waals surface area contributed by atoms with Crippen molar-refractivity contribution in [2.75, 3.05) is 5.32 Å². The third-order valence-corrected chi connectivity index (χ3v) is 3.45. The zero-order valence-electron chi connectivity index (χ0n) is 11.5. The second-order valence-corrected chi connectivity index (χ2v) is 5.00. The van der Waals surface area contributed by atoms with Crippen LogP contribution < -0.4 is 16.2 Å². The van der Waals surface area contributed by atoms with Crippen molar-refractivity contribution in [3.63, 3.8) is 0 Å². The second kappa shape index (κ2) is 6.17. The van der Waals surface area contributed by atoms with Gasteiger partial charge in [0.1, 0.15) is 6.04 Å². The zero-order chi connectivity index (χ0) is 15.5. The second-order valence-electron chi connectivity index (χ2n) is 5.00. The van der Waals surface area contributed by atoms with Crippen molar-refractivity contribution < 1.29 is 13.6 Å². The fourth-order valence-electron chi connectivity index (χ4n) is 2.31. The van der Waals surface area contributed by atoms with Gasteiger partial charge in [0, 0.05) is 18.0 Å². The van der Waals surface area contributed by atoms with Crippen LogP contribution in [0.3, 0.4) is 0 Å². The Hall–Kier alpha value is -2.38. The van der Waals surface area contributed by atoms with Crippen molar-refractivity contribution in [1.82, 2.24) is 15.8 Å². The molecular weight excluding hydrogens is 290 g/mol. The maximum atomic E-state index is 13.1. The van der Waals surface area contributed by atoms with E-state index >= 15 is 0 Å². The van der Waals surface area contributed by atoms with Gasteiger partial charge in [0.15, 0.2) is 11.6 Å². The standard InChI is InChI=1S/C15H14F2N4O/c16-10-5-4-9(7-11(10)17)19-15(22)14-8-13(20-21-14)12-3-1-2-6-18-12/h1-7,13-14,20-21H,8H2,(H,19,22). The Balaban J connectivity index is 1.63. The van der Waals surface area contributed by atoms with Gasteiger partial charge in [0.05, 0.1) is 11.7 Å². The fraction of sp³-hybridized carbons (Fsp3) is 0.200. The Bertz CT molecular complexity index is 680. The molecule has 2 atom stereocenters. The van der Waals surface area contributed by atoms with E-state index in [1.807, 2.05) is 18.2 Å². The topological polar surface area (TPSA) is 66.0 Å². The maximum absolute atomic E-state index is 13.1. The minimum absolute atomic E-state index is 0.0816. The van der Waals surface area contributed by atoms with Crippen molar-refractivity contribution in [2.24, 2.45) is 0 Å². The van der Waals surface area contributed by atoms with Gasteiger partial charge in [-0.2, -0.15) is 0 Å². The van der Waals surface area contributed by atoms with Gasteiger partial charge in [0.2, 0.25) is 5.91 Å². The Morgan fingerprint density at radius 3 is 2.77 bits per heavy atom. The zero-order valence-corrected chi connectivity index (χ0v) is 11.5. The van der Waals surface area contributed by atoms with Crippen molar-refractivity contribution in [2.45, 2.75) is 18.5 Å². The van der Waals surface area contributed by atoms with Gasteiger partial charge in [-0.1, -0.05) is 6.07 Å². The van der Waals surface area contributed by atoms with Gasteiger partial charge in [-0.15, -0.1) is 0 Å². The molecule has 2 unspecified atom stereocenters. The van der Waals surface area contributed by atoms with E-state index in [4.69, 9.17) is 0 Å². The molecule has 0 aliphatic carbocycles. The number of nitrogens with zero attached hydrogens (tertiary/aromatic N) is 1. The summed E-state index contributed by atoms with van der Waals surface area (Å²) >= 11 is 0. The smallest absolute Gasteiger partial charge is 0.242 e. The van der Waals surface area contributed by atoms with Crippen LogP contribution in [0.4, 0.5) is 14.5 Å². The number of carbonyl (C=O) groups is 1. The molecule has 3 N–H and O–H groups in total. The van der Waals surface area contributed by atoms with Crippen LogP contribution in [0.15, 0.2) is 42.6 Å². The summed E-state index contributed by atoms with van der Waals surface area (Å²) in [5, 5.41) is 2.56. The first kappa shape index (κ1) is 14.6. The molecule has 1 fully saturated rings. The van der Waals surface area contributed by atoms with Gasteiger partial charge in [-0.3, -0.25) is 9.78 Å². The Kier molecular flexibility index (Phi) is 4.08. The number of hydrazine groups is 1. The van der Waals surface area contributed by atoms with Gasteiger partial charge in [0.25, 0.3) is 0 Å². The predicted molar refractivity (Wildman–Crippen MR) is 76.6 cm³/mol. The Morgan fingerprint density at radius 2 is 2.05 bits per heavy atom. The van der Waals surface area contributed by atoms with Crippen LogP contribution in [-0.2, 0) is 4.79 Å². The van der Waals surface area contributed by atoms with Crippen molar-refractivity contribution in [1.29, 1.82) is 0 Å². The molecule has 1 saturated heterocycles. The highest BCUT2D eigenvalue weighted by Gasteiger charge is 2.30. The minimum atomic E-state index is -0.998. The van der Waals surface area contributed by atoms with Gasteiger partial charge in [-0.25, -0.2) is 19.6 Å². The Labute approximate surface area is 125 Å². The molecule has 1 aliphatic rings. The SMILES string of the molecule is O=C(Nc1ccc(F)c(F)c1)C1CC(c2ccccn2)NN1. The minimum Gasteiger partial charge on any atom is -0.325 e. The van der Waals surface area contributed by atoms with Gasteiger partial charge >= 0.3 is 0 Å². The molecule has 0 saturated carbocycles. The molecule has 1 aromatic carbocycles. The highest BCUT2D eigenvalue weighted by atomic mass is 19.2. The van der Waals surface area contributed by atoms with Crippen LogP contribution in [0.25, 0.3) is 0 Å². The van der Waals surface area contributed by atoms with Crippen LogP contribution in [-0.4, -0.2) is 16.9 Å². The number of pyridine rings is 1. The molecule has 5 nitrogen and oxygen atoms in total. The molecule has 1 amide bonds. The number of hydrogen-bond acceptors (Lipinski definition) is 4. The molecule has 1 aromatic heterocycles. The number of benzene rings is 1. The lowest BCUT2D eigenvalue weighted by atomic mass is 10.1. The molecule has 1 aliphatic heterocycles. The normalized spacial score (nSPS) is 20.8. The van der Waals surface area contributed by atoms with Crippen LogP contribution in [0.1, 0.15) is 18.2 Å². The molecule has 22 heavy (non-hydrogen) atoms. The van der Waals surface area contributed by atoms with E-state index in [0.29, 0.717) is 6.42 Å². The lowest BCUT2D eigenvalue weighted by Crippen LogP contribution is -2.39. The summed E-state index contributed by atoms with van der Waals surface area (Å²) in [5.41, 5.74) is 6.93. The number of anilines is 1. The van der Waals surface area contributed by atoms with Crippen LogP contribution in [0, 0.1) is 11.6 Å². The average Bonchev–Trinajstić information content (AvgIpc) is 3.02. The first-order valence-electron chi connectivity index (χ1n) is 6.81. The predicted octanol–water partition coefficient (Wildman–Crippen LogP) is 1.91. The lowest BCUT2D eigenvalue weighted by molar-refractivity contribution is -0.117. The number of nitrogens with one attached hydrogen (secondary N) is 3. The van der Waals surface area contributed by atoms with Crippen molar-refractivity contribution >= 4 is 11.6 Å². The molecule has 3 rings (SSSR count). The third kappa shape index (κ3) is 3.10. The van der Waals surface area contributed by atoms with Crippen molar-refractivity contribution in [3.8, 4) is 0 Å². The molecule has 0 spiro atoms. The summed E-state index contributed by atoms with van der Waals surface area (Å²) in [7, 11) is 0. The highest BCUT2D eigenvalue weighted by molar-refractivity contribution is 5.95. The van der Waals surface area contributed by atoms with Crippen molar-refractivity contribution in [3.05, 3.63) is 59.9 Å². The van der Waals surface area contributed by atoms with E-state index in [0.717, 1.165) is 17.8 Å². The first-order valence-corrected chi connectivity index (χ1v) is 6.81. The maximum Gasteiger partial charge on any atom is 0.242 e. The molecule has 2 aromatic rings. The van der Waals surface area contributed by atoms with Gasteiger partial charge < -0.3 is 5.32 Å². The highest BCUT2D eigenvalue weighted by Crippen LogP contribution is 2.21. The van der Waals surface area contributed by atoms with Crippen LogP contribution in [0.2, 0.25) is 0 Å². The van der Waals surface area contributed by atoms with Gasteiger partial charge in [-0.05, 0) is 30.7 Å². The number of amides is 1. The summed E-state index contributed by atoms with van der Waals surface area (Å²) in [4.78, 5) is 16.4. The summed E-state index contributed by atoms with van der Waals surface area (Å²) in [6, 6.07) is 8.23. The molecule has 114 valence electrons. The molecule has 2 heterocycles. The van der Waals surface area contributed by atoms with E-state index in [2.05, 4.69) is 21.2 Å². The fourth-order valence-corrected chi connectivity index (χ4v) is 2.31. The quantitative estimate of drug-likeness (QED) is 0.810. The monoisotopic (exact) mass is 304 g/mol. The summed E-state index contributed by atoms with van der Waals surface area (Å²) in [6.45, 7) is 0. The Morgan fingerprint density at radius 1 is 1.18 bits per heavy atom.